The van der Waals surface area contributed by atoms with Gasteiger partial charge in [0.05, 0.1) is 6.54 Å². The maximum Gasteiger partial charge on any atom is 0.156 e. The first-order valence-corrected chi connectivity index (χ1v) is 6.68. The molecule has 0 aromatic rings. The van der Waals surface area contributed by atoms with Gasteiger partial charge in [-0.2, -0.15) is 0 Å². The highest BCUT2D eigenvalue weighted by Crippen LogP contribution is 2.23. The molecular weight excluding hydrogens is 208 g/mol. The van der Waals surface area contributed by atoms with Crippen LogP contribution in [0.4, 0.5) is 0 Å². The standard InChI is InChI=1S/C11H22N2OS/c1-3-6-10-9-13-11(15-10)12-7-4-5-8-14-2/h10H,3-9H2,1-2H3,(H,12,13). The number of thioether (sulfide) groups is 1. The average molecular weight is 230 g/mol. The van der Waals surface area contributed by atoms with E-state index in [9.17, 15) is 0 Å². The van der Waals surface area contributed by atoms with Gasteiger partial charge >= 0.3 is 0 Å². The van der Waals surface area contributed by atoms with Crippen molar-refractivity contribution < 1.29 is 4.74 Å². The predicted octanol–water partition coefficient (Wildman–Crippen LogP) is 2.27. The van der Waals surface area contributed by atoms with Crippen LogP contribution in [0.15, 0.2) is 4.99 Å². The van der Waals surface area contributed by atoms with Crippen LogP contribution in [0.25, 0.3) is 0 Å². The van der Waals surface area contributed by atoms with Crippen LogP contribution in [-0.4, -0.2) is 37.2 Å². The van der Waals surface area contributed by atoms with Crippen molar-refractivity contribution in [1.29, 1.82) is 0 Å². The van der Waals surface area contributed by atoms with Crippen molar-refractivity contribution in [3.05, 3.63) is 0 Å². The summed E-state index contributed by atoms with van der Waals surface area (Å²) in [7, 11) is 1.75. The van der Waals surface area contributed by atoms with Gasteiger partial charge in [-0.05, 0) is 19.3 Å². The molecule has 0 fully saturated rings. The minimum absolute atomic E-state index is 0.719. The summed E-state index contributed by atoms with van der Waals surface area (Å²) in [6.45, 7) is 5.11. The SMILES string of the molecule is CCCC1CN=C(NCCCCOC)S1. The molecule has 0 saturated carbocycles. The lowest BCUT2D eigenvalue weighted by molar-refractivity contribution is 0.193. The molecule has 0 bridgehead atoms. The molecule has 88 valence electrons. The topological polar surface area (TPSA) is 33.6 Å². The summed E-state index contributed by atoms with van der Waals surface area (Å²) in [6.07, 6.45) is 4.82. The molecule has 1 N–H and O–H groups in total. The molecule has 1 unspecified atom stereocenters. The number of methoxy groups -OCH3 is 1. The molecule has 1 atom stereocenters. The van der Waals surface area contributed by atoms with Gasteiger partial charge in [-0.25, -0.2) is 0 Å². The predicted molar refractivity (Wildman–Crippen MR) is 67.7 cm³/mol. The van der Waals surface area contributed by atoms with Crippen LogP contribution in [0.1, 0.15) is 32.6 Å². The highest BCUT2D eigenvalue weighted by Gasteiger charge is 2.17. The zero-order valence-electron chi connectivity index (χ0n) is 9.79. The van der Waals surface area contributed by atoms with E-state index in [0.717, 1.165) is 43.0 Å². The van der Waals surface area contributed by atoms with Crippen LogP contribution in [0.2, 0.25) is 0 Å². The number of hydrogen-bond acceptors (Lipinski definition) is 4. The van der Waals surface area contributed by atoms with Crippen molar-refractivity contribution in [3.8, 4) is 0 Å². The van der Waals surface area contributed by atoms with Gasteiger partial charge in [0.2, 0.25) is 0 Å². The van der Waals surface area contributed by atoms with E-state index < -0.39 is 0 Å². The van der Waals surface area contributed by atoms with Crippen LogP contribution in [0, 0.1) is 0 Å². The van der Waals surface area contributed by atoms with Gasteiger partial charge in [0.25, 0.3) is 0 Å². The number of aliphatic imine (C=N–C) groups is 1. The monoisotopic (exact) mass is 230 g/mol. The molecule has 15 heavy (non-hydrogen) atoms. The fourth-order valence-electron chi connectivity index (χ4n) is 1.55. The number of ether oxygens (including phenoxy) is 1. The summed E-state index contributed by atoms with van der Waals surface area (Å²) >= 11 is 1.91. The average Bonchev–Trinajstić information content (AvgIpc) is 2.66. The third kappa shape index (κ3) is 5.42. The van der Waals surface area contributed by atoms with E-state index in [4.69, 9.17) is 4.74 Å². The van der Waals surface area contributed by atoms with Crippen molar-refractivity contribution in [1.82, 2.24) is 5.32 Å². The van der Waals surface area contributed by atoms with Gasteiger partial charge < -0.3 is 10.1 Å². The van der Waals surface area contributed by atoms with Crippen molar-refractivity contribution in [2.45, 2.75) is 37.9 Å². The Kier molecular flexibility index (Phi) is 6.85. The second kappa shape index (κ2) is 7.99. The molecule has 1 rings (SSSR count). The largest absolute Gasteiger partial charge is 0.385 e. The smallest absolute Gasteiger partial charge is 0.156 e. The van der Waals surface area contributed by atoms with E-state index >= 15 is 0 Å². The summed E-state index contributed by atoms with van der Waals surface area (Å²) in [5, 5.41) is 5.25. The summed E-state index contributed by atoms with van der Waals surface area (Å²) in [6, 6.07) is 0. The first kappa shape index (κ1) is 12.8. The fourth-order valence-corrected chi connectivity index (χ4v) is 2.71. The van der Waals surface area contributed by atoms with Gasteiger partial charge in [-0.15, -0.1) is 0 Å². The Morgan fingerprint density at radius 3 is 3.13 bits per heavy atom. The molecular formula is C11H22N2OS. The maximum absolute atomic E-state index is 5.00. The molecule has 0 spiro atoms. The molecule has 0 saturated heterocycles. The first-order chi connectivity index (χ1) is 7.36. The van der Waals surface area contributed by atoms with Gasteiger partial charge in [-0.1, -0.05) is 25.1 Å². The van der Waals surface area contributed by atoms with Gasteiger partial charge in [0.1, 0.15) is 0 Å². The van der Waals surface area contributed by atoms with Crippen molar-refractivity contribution in [2.24, 2.45) is 4.99 Å². The lowest BCUT2D eigenvalue weighted by Gasteiger charge is -2.07. The number of nitrogens with one attached hydrogen (secondary N) is 1. The Morgan fingerprint density at radius 2 is 2.40 bits per heavy atom. The highest BCUT2D eigenvalue weighted by molar-refractivity contribution is 8.14. The molecule has 3 nitrogen and oxygen atoms in total. The van der Waals surface area contributed by atoms with Gasteiger partial charge in [0, 0.05) is 25.5 Å². The number of unbranched alkanes of at least 4 members (excludes halogenated alkanes) is 1. The Bertz CT molecular complexity index is 197. The van der Waals surface area contributed by atoms with Crippen LogP contribution < -0.4 is 5.32 Å². The van der Waals surface area contributed by atoms with Crippen LogP contribution in [-0.2, 0) is 4.74 Å². The minimum Gasteiger partial charge on any atom is -0.385 e. The molecule has 0 radical (unpaired) electrons. The van der Waals surface area contributed by atoms with Gasteiger partial charge in [0.15, 0.2) is 5.17 Å². The summed E-state index contributed by atoms with van der Waals surface area (Å²) < 4.78 is 5.00. The molecule has 1 heterocycles. The molecule has 0 aliphatic carbocycles. The molecule has 1 aliphatic heterocycles. The zero-order valence-corrected chi connectivity index (χ0v) is 10.6. The second-order valence-electron chi connectivity index (χ2n) is 3.80. The molecule has 0 amide bonds. The maximum atomic E-state index is 5.00. The quantitative estimate of drug-likeness (QED) is 0.681. The van der Waals surface area contributed by atoms with Crippen molar-refractivity contribution in [2.75, 3.05) is 26.8 Å². The van der Waals surface area contributed by atoms with E-state index in [1.807, 2.05) is 11.8 Å². The molecule has 0 aromatic heterocycles. The van der Waals surface area contributed by atoms with E-state index in [0.29, 0.717) is 0 Å². The highest BCUT2D eigenvalue weighted by atomic mass is 32.2. The fraction of sp³-hybridized carbons (Fsp3) is 0.909. The molecule has 1 aliphatic rings. The second-order valence-corrected chi connectivity index (χ2v) is 5.09. The number of rotatable bonds is 7. The van der Waals surface area contributed by atoms with E-state index in [2.05, 4.69) is 17.2 Å². The third-order valence-electron chi connectivity index (χ3n) is 2.38. The summed E-state index contributed by atoms with van der Waals surface area (Å²) in [5.74, 6) is 0. The zero-order chi connectivity index (χ0) is 10.9. The lowest BCUT2D eigenvalue weighted by Crippen LogP contribution is -2.21. The van der Waals surface area contributed by atoms with E-state index in [1.165, 1.54) is 12.8 Å². The van der Waals surface area contributed by atoms with E-state index in [-0.39, 0.29) is 0 Å². The molecule has 4 heteroatoms. The lowest BCUT2D eigenvalue weighted by atomic mass is 10.2. The normalized spacial score (nSPS) is 20.4. The van der Waals surface area contributed by atoms with E-state index in [1.54, 1.807) is 7.11 Å². The number of nitrogens with zero attached hydrogens (tertiary/aromatic N) is 1. The van der Waals surface area contributed by atoms with Crippen LogP contribution >= 0.6 is 11.8 Å². The summed E-state index contributed by atoms with van der Waals surface area (Å²) in [5.41, 5.74) is 0. The number of amidine groups is 1. The Morgan fingerprint density at radius 1 is 1.53 bits per heavy atom. The third-order valence-corrected chi connectivity index (χ3v) is 3.59. The van der Waals surface area contributed by atoms with Gasteiger partial charge in [-0.3, -0.25) is 4.99 Å². The Labute approximate surface area is 97.1 Å². The number of hydrogen-bond donors (Lipinski definition) is 1. The first-order valence-electron chi connectivity index (χ1n) is 5.80. The van der Waals surface area contributed by atoms with Crippen LogP contribution in [0.5, 0.6) is 0 Å². The Hall–Kier alpha value is -0.220. The Balaban J connectivity index is 1.98. The summed E-state index contributed by atoms with van der Waals surface area (Å²) in [4.78, 5) is 4.49. The van der Waals surface area contributed by atoms with Crippen LogP contribution in [0.3, 0.4) is 0 Å². The molecule has 0 aromatic carbocycles. The minimum atomic E-state index is 0.719. The van der Waals surface area contributed by atoms with Crippen molar-refractivity contribution in [3.63, 3.8) is 0 Å². The van der Waals surface area contributed by atoms with Crippen molar-refractivity contribution >= 4 is 16.9 Å².